The zero-order valence-electron chi connectivity index (χ0n) is 22.2. The summed E-state index contributed by atoms with van der Waals surface area (Å²) in [7, 11) is -1.53. The molecule has 1 heterocycles. The fraction of sp³-hybridized carbons (Fsp3) is 0.300. The van der Waals surface area contributed by atoms with Crippen LogP contribution in [0.4, 0.5) is 0 Å². The van der Waals surface area contributed by atoms with E-state index in [1.165, 1.54) is 7.11 Å². The maximum Gasteiger partial charge on any atom is 0.310 e. The molecule has 0 fully saturated rings. The molecule has 198 valence electrons. The number of esters is 1. The van der Waals surface area contributed by atoms with Crippen molar-refractivity contribution in [2.45, 2.75) is 38.5 Å². The molecular weight excluding hydrogens is 498 g/mol. The minimum absolute atomic E-state index is 0.0690. The highest BCUT2D eigenvalue weighted by Crippen LogP contribution is 2.36. The van der Waals surface area contributed by atoms with Crippen LogP contribution < -0.4 is 10.4 Å². The molecule has 0 bridgehead atoms. The third-order valence-corrected chi connectivity index (χ3v) is 11.9. The molecule has 1 unspecified atom stereocenters. The van der Waals surface area contributed by atoms with E-state index in [0.717, 1.165) is 15.3 Å². The van der Waals surface area contributed by atoms with Crippen LogP contribution in [-0.2, 0) is 18.7 Å². The second-order valence-corrected chi connectivity index (χ2v) is 14.4. The van der Waals surface area contributed by atoms with Crippen molar-refractivity contribution in [2.75, 3.05) is 20.3 Å². The molecule has 3 aromatic rings. The Morgan fingerprint density at radius 2 is 1.26 bits per heavy atom. The van der Waals surface area contributed by atoms with Gasteiger partial charge in [0.15, 0.2) is 6.23 Å². The van der Waals surface area contributed by atoms with Gasteiger partial charge < -0.3 is 13.9 Å². The van der Waals surface area contributed by atoms with Crippen molar-refractivity contribution in [3.63, 3.8) is 0 Å². The predicted octanol–water partition coefficient (Wildman–Crippen LogP) is 3.77. The Kier molecular flexibility index (Phi) is 8.25. The maximum atomic E-state index is 13.1. The quantitative estimate of drug-likeness (QED) is 0.172. The van der Waals surface area contributed by atoms with Crippen LogP contribution in [0.15, 0.2) is 84.9 Å². The number of hydrogen-bond acceptors (Lipinski definition) is 6. The first kappa shape index (κ1) is 27.4. The molecule has 1 aliphatic heterocycles. The third-order valence-electron chi connectivity index (χ3n) is 6.81. The molecule has 1 atom stereocenters. The lowest BCUT2D eigenvalue weighted by atomic mass is 10.1. The number of carbonyl (C=O) groups excluding carboxylic acids is 3. The van der Waals surface area contributed by atoms with Crippen molar-refractivity contribution in [1.82, 2.24) is 4.90 Å². The molecule has 1 aliphatic rings. The molecule has 3 aromatic carbocycles. The minimum atomic E-state index is -2.79. The van der Waals surface area contributed by atoms with Gasteiger partial charge in [-0.2, -0.15) is 0 Å². The van der Waals surface area contributed by atoms with Gasteiger partial charge in [0.05, 0.1) is 37.9 Å². The van der Waals surface area contributed by atoms with Gasteiger partial charge in [-0.25, -0.2) is 4.90 Å². The summed E-state index contributed by atoms with van der Waals surface area (Å²) in [5.41, 5.74) is 0.582. The molecule has 7 nitrogen and oxygen atoms in total. The lowest BCUT2D eigenvalue weighted by molar-refractivity contribution is -0.146. The summed E-state index contributed by atoms with van der Waals surface area (Å²) in [6, 6.07) is 27.0. The average Bonchev–Trinajstić information content (AvgIpc) is 3.18. The lowest BCUT2D eigenvalue weighted by Gasteiger charge is -2.43. The van der Waals surface area contributed by atoms with Gasteiger partial charge >= 0.3 is 5.97 Å². The molecule has 0 aromatic heterocycles. The van der Waals surface area contributed by atoms with Gasteiger partial charge in [-0.15, -0.1) is 0 Å². The standard InChI is InChI=1S/C30H33NO6Si/c1-30(2,3)38(22-13-7-5-8-14-22,23-15-9-6-10-16-23)37-20-19-36-26(21-27(32)35-4)31-28(33)24-17-11-12-18-25(24)29(31)34/h5-18,26H,19-21H2,1-4H3. The van der Waals surface area contributed by atoms with Gasteiger partial charge in [-0.1, -0.05) is 93.6 Å². The summed E-state index contributed by atoms with van der Waals surface area (Å²) in [6.45, 7) is 6.81. The number of carbonyl (C=O) groups is 3. The number of methoxy groups -OCH3 is 1. The summed E-state index contributed by atoms with van der Waals surface area (Å²) in [6.07, 6.45) is -1.39. The van der Waals surface area contributed by atoms with Crippen LogP contribution >= 0.6 is 0 Å². The Bertz CT molecular complexity index is 1210. The Morgan fingerprint density at radius 1 is 0.789 bits per heavy atom. The van der Waals surface area contributed by atoms with Crippen LogP contribution in [0.2, 0.25) is 5.04 Å². The number of amides is 2. The van der Waals surface area contributed by atoms with Gasteiger partial charge in [-0.05, 0) is 27.5 Å². The highest BCUT2D eigenvalue weighted by atomic mass is 28.4. The first-order chi connectivity index (χ1) is 18.2. The molecular formula is C30H33NO6Si. The van der Waals surface area contributed by atoms with E-state index in [4.69, 9.17) is 13.9 Å². The molecule has 2 amide bonds. The Hall–Kier alpha value is -3.59. The van der Waals surface area contributed by atoms with E-state index in [1.54, 1.807) is 24.3 Å². The first-order valence-electron chi connectivity index (χ1n) is 12.6. The predicted molar refractivity (Wildman–Crippen MR) is 147 cm³/mol. The summed E-state index contributed by atoms with van der Waals surface area (Å²) >= 11 is 0. The fourth-order valence-electron chi connectivity index (χ4n) is 5.06. The minimum Gasteiger partial charge on any atom is -0.469 e. The van der Waals surface area contributed by atoms with E-state index >= 15 is 0 Å². The largest absolute Gasteiger partial charge is 0.469 e. The monoisotopic (exact) mass is 531 g/mol. The normalized spacial score (nSPS) is 14.4. The highest BCUT2D eigenvalue weighted by Gasteiger charge is 2.50. The molecule has 8 heteroatoms. The van der Waals surface area contributed by atoms with E-state index < -0.39 is 32.3 Å². The van der Waals surface area contributed by atoms with Gasteiger partial charge in [0.2, 0.25) is 0 Å². The van der Waals surface area contributed by atoms with Crippen molar-refractivity contribution in [1.29, 1.82) is 0 Å². The molecule has 0 N–H and O–H groups in total. The maximum absolute atomic E-state index is 13.1. The van der Waals surface area contributed by atoms with Gasteiger partial charge in [0.1, 0.15) is 0 Å². The molecule has 4 rings (SSSR count). The topological polar surface area (TPSA) is 82.1 Å². The molecule has 0 aliphatic carbocycles. The number of benzene rings is 3. The lowest BCUT2D eigenvalue weighted by Crippen LogP contribution is -2.66. The second kappa shape index (κ2) is 11.4. The van der Waals surface area contributed by atoms with E-state index in [2.05, 4.69) is 45.0 Å². The van der Waals surface area contributed by atoms with Gasteiger partial charge in [0.25, 0.3) is 20.1 Å². The SMILES string of the molecule is COC(=O)CC(OCCO[Si](c1ccccc1)(c1ccccc1)C(C)(C)C)N1C(=O)c2ccccc2C1=O. The first-order valence-corrected chi connectivity index (χ1v) is 14.5. The van der Waals surface area contributed by atoms with Crippen molar-refractivity contribution < 1.29 is 28.3 Å². The summed E-state index contributed by atoms with van der Waals surface area (Å²) in [5.74, 6) is -1.57. The van der Waals surface area contributed by atoms with E-state index in [1.807, 2.05) is 36.4 Å². The van der Waals surface area contributed by atoms with Crippen molar-refractivity contribution in [3.05, 3.63) is 96.1 Å². The fourth-order valence-corrected chi connectivity index (χ4v) is 9.61. The number of nitrogens with zero attached hydrogens (tertiary/aromatic N) is 1. The number of hydrogen-bond donors (Lipinski definition) is 0. The second-order valence-electron chi connectivity index (χ2n) is 10.1. The Labute approximate surface area is 224 Å². The molecule has 0 saturated carbocycles. The number of rotatable bonds is 10. The third kappa shape index (κ3) is 5.20. The summed E-state index contributed by atoms with van der Waals surface area (Å²) < 4.78 is 17.7. The summed E-state index contributed by atoms with van der Waals surface area (Å²) in [5, 5.41) is 2.04. The van der Waals surface area contributed by atoms with Crippen LogP contribution in [0.3, 0.4) is 0 Å². The Balaban J connectivity index is 1.58. The average molecular weight is 532 g/mol. The van der Waals surface area contributed by atoms with Crippen molar-refractivity contribution in [3.8, 4) is 0 Å². The number of ether oxygens (including phenoxy) is 2. The number of imide groups is 1. The van der Waals surface area contributed by atoms with E-state index in [9.17, 15) is 14.4 Å². The van der Waals surface area contributed by atoms with E-state index in [-0.39, 0.29) is 24.7 Å². The van der Waals surface area contributed by atoms with E-state index in [0.29, 0.717) is 11.1 Å². The van der Waals surface area contributed by atoms with Crippen LogP contribution in [0.1, 0.15) is 47.9 Å². The molecule has 0 spiro atoms. The van der Waals surface area contributed by atoms with Gasteiger partial charge in [0, 0.05) is 0 Å². The highest BCUT2D eigenvalue weighted by molar-refractivity contribution is 6.99. The summed E-state index contributed by atoms with van der Waals surface area (Å²) in [4.78, 5) is 39.3. The molecule has 0 saturated heterocycles. The smallest absolute Gasteiger partial charge is 0.310 e. The van der Waals surface area contributed by atoms with Crippen LogP contribution in [-0.4, -0.2) is 57.6 Å². The number of fused-ring (bicyclic) bond motifs is 1. The van der Waals surface area contributed by atoms with Crippen molar-refractivity contribution in [2.24, 2.45) is 0 Å². The zero-order chi connectivity index (χ0) is 27.3. The van der Waals surface area contributed by atoms with Crippen LogP contribution in [0, 0.1) is 0 Å². The zero-order valence-corrected chi connectivity index (χ0v) is 23.2. The van der Waals surface area contributed by atoms with Crippen LogP contribution in [0.25, 0.3) is 0 Å². The molecule has 0 radical (unpaired) electrons. The van der Waals surface area contributed by atoms with Gasteiger partial charge in [-0.3, -0.25) is 14.4 Å². The van der Waals surface area contributed by atoms with Crippen LogP contribution in [0.5, 0.6) is 0 Å². The Morgan fingerprint density at radius 3 is 1.71 bits per heavy atom. The molecule has 38 heavy (non-hydrogen) atoms. The van der Waals surface area contributed by atoms with Crippen molar-refractivity contribution >= 4 is 36.5 Å².